The molecule has 12 heteroatoms. The number of rotatable bonds is 8. The fourth-order valence-corrected chi connectivity index (χ4v) is 2.04. The molecule has 1 amide bonds. The molecule has 0 aromatic rings. The Morgan fingerprint density at radius 1 is 1.10 bits per heavy atom. The average Bonchev–Trinajstić information content (AvgIpc) is 2.66. The Balaban J connectivity index is 2.53. The SMILES string of the molecule is O=C(O)CCC(=O)NC1CC(O[N+](=O)[O-])C(O[N+](=O)[O-])C1. The van der Waals surface area contributed by atoms with Gasteiger partial charge >= 0.3 is 5.97 Å². The van der Waals surface area contributed by atoms with Crippen LogP contribution < -0.4 is 5.32 Å². The van der Waals surface area contributed by atoms with Gasteiger partial charge in [0, 0.05) is 12.5 Å². The highest BCUT2D eigenvalue weighted by Gasteiger charge is 2.40. The highest BCUT2D eigenvalue weighted by Crippen LogP contribution is 2.26. The van der Waals surface area contributed by atoms with Gasteiger partial charge in [-0.1, -0.05) is 0 Å². The molecule has 1 aliphatic carbocycles. The van der Waals surface area contributed by atoms with Gasteiger partial charge in [-0.05, 0) is 12.8 Å². The summed E-state index contributed by atoms with van der Waals surface area (Å²) in [5, 5.41) is 29.3. The zero-order valence-corrected chi connectivity index (χ0v) is 10.7. The topological polar surface area (TPSA) is 171 Å². The lowest BCUT2D eigenvalue weighted by Crippen LogP contribution is -2.33. The van der Waals surface area contributed by atoms with Crippen molar-refractivity contribution < 1.29 is 34.5 Å². The van der Waals surface area contributed by atoms with Crippen LogP contribution in [0.2, 0.25) is 0 Å². The lowest BCUT2D eigenvalue weighted by Gasteiger charge is -2.14. The Bertz CT molecular complexity index is 416. The third-order valence-electron chi connectivity index (χ3n) is 2.82. The zero-order chi connectivity index (χ0) is 16.0. The van der Waals surface area contributed by atoms with E-state index in [2.05, 4.69) is 15.0 Å². The van der Waals surface area contributed by atoms with E-state index < -0.39 is 40.3 Å². The molecule has 21 heavy (non-hydrogen) atoms. The van der Waals surface area contributed by atoms with Gasteiger partial charge < -0.3 is 20.1 Å². The Labute approximate surface area is 117 Å². The minimum Gasteiger partial charge on any atom is -0.481 e. The van der Waals surface area contributed by atoms with Crippen molar-refractivity contribution in [2.24, 2.45) is 0 Å². The Morgan fingerprint density at radius 2 is 1.57 bits per heavy atom. The van der Waals surface area contributed by atoms with Gasteiger partial charge in [0.2, 0.25) is 5.91 Å². The Hall–Kier alpha value is -2.66. The van der Waals surface area contributed by atoms with E-state index in [0.717, 1.165) is 0 Å². The Morgan fingerprint density at radius 3 is 1.95 bits per heavy atom. The van der Waals surface area contributed by atoms with Crippen LogP contribution in [-0.2, 0) is 19.3 Å². The second-order valence-electron chi connectivity index (χ2n) is 4.36. The number of carboxylic acids is 1. The number of nitrogens with zero attached hydrogens (tertiary/aromatic N) is 2. The molecule has 1 rings (SSSR count). The predicted molar refractivity (Wildman–Crippen MR) is 61.8 cm³/mol. The highest BCUT2D eigenvalue weighted by atomic mass is 17.0. The van der Waals surface area contributed by atoms with Crippen LogP contribution in [0.3, 0.4) is 0 Å². The largest absolute Gasteiger partial charge is 0.481 e. The number of carbonyl (C=O) groups is 2. The third kappa shape index (κ3) is 5.88. The van der Waals surface area contributed by atoms with Gasteiger partial charge in [-0.15, -0.1) is 20.2 Å². The van der Waals surface area contributed by atoms with E-state index in [-0.39, 0.29) is 25.7 Å². The summed E-state index contributed by atoms with van der Waals surface area (Å²) in [6, 6.07) is -0.624. The molecule has 2 atom stereocenters. The van der Waals surface area contributed by atoms with Crippen LogP contribution in [0.25, 0.3) is 0 Å². The summed E-state index contributed by atoms with van der Waals surface area (Å²) >= 11 is 0. The van der Waals surface area contributed by atoms with Crippen LogP contribution in [0.4, 0.5) is 0 Å². The van der Waals surface area contributed by atoms with Gasteiger partial charge in [-0.2, -0.15) is 0 Å². The fraction of sp³-hybridized carbons (Fsp3) is 0.778. The predicted octanol–water partition coefficient (Wildman–Crippen LogP) is -0.716. The van der Waals surface area contributed by atoms with Gasteiger partial charge in [0.15, 0.2) is 0 Å². The first-order chi connectivity index (χ1) is 9.77. The van der Waals surface area contributed by atoms with Crippen LogP contribution in [0.1, 0.15) is 25.7 Å². The van der Waals surface area contributed by atoms with Gasteiger partial charge in [-0.25, -0.2) is 0 Å². The summed E-state index contributed by atoms with van der Waals surface area (Å²) < 4.78 is 0. The third-order valence-corrected chi connectivity index (χ3v) is 2.82. The highest BCUT2D eigenvalue weighted by molar-refractivity contribution is 5.80. The van der Waals surface area contributed by atoms with Crippen molar-refractivity contribution in [3.8, 4) is 0 Å². The van der Waals surface area contributed by atoms with Crippen molar-refractivity contribution in [3.05, 3.63) is 20.2 Å². The van der Waals surface area contributed by atoms with E-state index in [1.807, 2.05) is 0 Å². The van der Waals surface area contributed by atoms with Crippen molar-refractivity contribution in [2.45, 2.75) is 43.9 Å². The molecule has 0 spiro atoms. The minimum absolute atomic E-state index is 0.0434. The second-order valence-corrected chi connectivity index (χ2v) is 4.36. The van der Waals surface area contributed by atoms with Gasteiger partial charge in [0.05, 0.1) is 6.42 Å². The van der Waals surface area contributed by atoms with Crippen molar-refractivity contribution in [3.63, 3.8) is 0 Å². The molecule has 0 saturated heterocycles. The molecule has 0 aromatic heterocycles. The number of carboxylic acid groups (broad SMARTS) is 1. The summed E-state index contributed by atoms with van der Waals surface area (Å²) in [6.45, 7) is 0. The molecular weight excluding hydrogens is 294 g/mol. The van der Waals surface area contributed by atoms with E-state index in [4.69, 9.17) is 5.11 Å². The van der Waals surface area contributed by atoms with Crippen molar-refractivity contribution in [1.82, 2.24) is 5.32 Å². The number of nitrogens with one attached hydrogen (secondary N) is 1. The van der Waals surface area contributed by atoms with Gasteiger partial charge in [0.1, 0.15) is 12.2 Å². The summed E-state index contributed by atoms with van der Waals surface area (Å²) in [5.41, 5.74) is 0. The molecule has 0 radical (unpaired) electrons. The van der Waals surface area contributed by atoms with Crippen molar-refractivity contribution in [1.29, 1.82) is 0 Å². The molecule has 0 bridgehead atoms. The molecule has 1 aliphatic rings. The van der Waals surface area contributed by atoms with Crippen LogP contribution in [0.15, 0.2) is 0 Å². The van der Waals surface area contributed by atoms with E-state index in [1.54, 1.807) is 0 Å². The monoisotopic (exact) mass is 307 g/mol. The molecule has 1 saturated carbocycles. The molecular formula is C9H13N3O9. The van der Waals surface area contributed by atoms with Gasteiger partial charge in [-0.3, -0.25) is 9.59 Å². The molecule has 0 heterocycles. The molecule has 1 fully saturated rings. The second kappa shape index (κ2) is 7.21. The van der Waals surface area contributed by atoms with Crippen molar-refractivity contribution >= 4 is 11.9 Å². The lowest BCUT2D eigenvalue weighted by atomic mass is 10.2. The quantitative estimate of drug-likeness (QED) is 0.433. The lowest BCUT2D eigenvalue weighted by molar-refractivity contribution is -0.797. The summed E-state index contributed by atoms with van der Waals surface area (Å²) in [6.07, 6.45) is -3.04. The van der Waals surface area contributed by atoms with E-state index in [1.165, 1.54) is 0 Å². The van der Waals surface area contributed by atoms with Crippen LogP contribution in [0.5, 0.6) is 0 Å². The molecule has 0 aromatic carbocycles. The molecule has 12 nitrogen and oxygen atoms in total. The van der Waals surface area contributed by atoms with E-state index >= 15 is 0 Å². The number of hydrogen-bond donors (Lipinski definition) is 2. The fourth-order valence-electron chi connectivity index (χ4n) is 2.04. The first-order valence-electron chi connectivity index (χ1n) is 5.91. The van der Waals surface area contributed by atoms with Crippen molar-refractivity contribution in [2.75, 3.05) is 0 Å². The molecule has 2 unspecified atom stereocenters. The minimum atomic E-state index is -1.17. The summed E-state index contributed by atoms with van der Waals surface area (Å²) in [5.74, 6) is -1.70. The zero-order valence-electron chi connectivity index (χ0n) is 10.7. The maximum absolute atomic E-state index is 11.4. The van der Waals surface area contributed by atoms with Crippen LogP contribution in [-0.4, -0.2) is 45.4 Å². The van der Waals surface area contributed by atoms with Gasteiger partial charge in [0.25, 0.3) is 10.2 Å². The first kappa shape index (κ1) is 16.4. The maximum Gasteiger partial charge on any atom is 0.303 e. The number of aliphatic carboxylic acids is 1. The summed E-state index contributed by atoms with van der Waals surface area (Å²) in [7, 11) is 0. The summed E-state index contributed by atoms with van der Waals surface area (Å²) in [4.78, 5) is 50.9. The molecule has 0 aliphatic heterocycles. The van der Waals surface area contributed by atoms with Crippen LogP contribution in [0, 0.1) is 20.2 Å². The van der Waals surface area contributed by atoms with E-state index in [0.29, 0.717) is 0 Å². The maximum atomic E-state index is 11.4. The Kier molecular flexibility index (Phi) is 5.63. The molecule has 118 valence electrons. The smallest absolute Gasteiger partial charge is 0.303 e. The normalized spacial score (nSPS) is 24.1. The van der Waals surface area contributed by atoms with E-state index in [9.17, 15) is 29.8 Å². The first-order valence-corrected chi connectivity index (χ1v) is 5.91. The molecule has 2 N–H and O–H groups in total. The number of hydrogen-bond acceptors (Lipinski definition) is 8. The number of carbonyl (C=O) groups excluding carboxylic acids is 1. The number of amides is 1. The standard InChI is InChI=1S/C9H13N3O9/c13-8(1-2-9(14)15)10-5-3-6(20-11(16)17)7(4-5)21-12(18)19/h5-7H,1-4H2,(H,10,13)(H,14,15). The van der Waals surface area contributed by atoms with Crippen LogP contribution >= 0.6 is 0 Å². The average molecular weight is 307 g/mol.